The molecule has 7 heteroatoms. The van der Waals surface area contributed by atoms with E-state index in [9.17, 15) is 13.2 Å². The highest BCUT2D eigenvalue weighted by atomic mass is 35.5. The Kier molecular flexibility index (Phi) is 2.52. The standard InChI is InChI=1S/C11H9ClF3N3/c12-9-5-8(11(13,14)15)16-10-4-7(17-18(9)10)6-2-1-3-6/h4-6H,1-3H2. The van der Waals surface area contributed by atoms with Gasteiger partial charge in [-0.25, -0.2) is 9.50 Å². The van der Waals surface area contributed by atoms with E-state index in [4.69, 9.17) is 11.6 Å². The minimum atomic E-state index is -4.49. The van der Waals surface area contributed by atoms with Crippen molar-refractivity contribution >= 4 is 17.2 Å². The fourth-order valence-electron chi connectivity index (χ4n) is 2.00. The zero-order valence-electron chi connectivity index (χ0n) is 9.21. The van der Waals surface area contributed by atoms with Gasteiger partial charge < -0.3 is 0 Å². The molecule has 1 saturated carbocycles. The molecule has 96 valence electrons. The van der Waals surface area contributed by atoms with Crippen LogP contribution in [0.25, 0.3) is 5.65 Å². The predicted octanol–water partition coefficient (Wildman–Crippen LogP) is 3.67. The molecule has 2 aromatic rings. The molecule has 1 aliphatic carbocycles. The van der Waals surface area contributed by atoms with Crippen LogP contribution in [0.5, 0.6) is 0 Å². The number of nitrogens with zero attached hydrogens (tertiary/aromatic N) is 3. The Balaban J connectivity index is 2.12. The molecule has 0 spiro atoms. The lowest BCUT2D eigenvalue weighted by Crippen LogP contribution is -2.10. The van der Waals surface area contributed by atoms with Crippen molar-refractivity contribution in [3.05, 3.63) is 28.7 Å². The fraction of sp³-hybridized carbons (Fsp3) is 0.455. The molecule has 0 atom stereocenters. The van der Waals surface area contributed by atoms with E-state index in [0.717, 1.165) is 31.0 Å². The molecule has 0 aliphatic heterocycles. The smallest absolute Gasteiger partial charge is 0.224 e. The summed E-state index contributed by atoms with van der Waals surface area (Å²) in [6.07, 6.45) is -1.32. The number of hydrogen-bond donors (Lipinski definition) is 0. The van der Waals surface area contributed by atoms with E-state index >= 15 is 0 Å². The van der Waals surface area contributed by atoms with Gasteiger partial charge in [-0.15, -0.1) is 0 Å². The second-order valence-electron chi connectivity index (χ2n) is 4.43. The molecular weight excluding hydrogens is 267 g/mol. The highest BCUT2D eigenvalue weighted by molar-refractivity contribution is 6.29. The molecule has 2 heterocycles. The summed E-state index contributed by atoms with van der Waals surface area (Å²) in [7, 11) is 0. The summed E-state index contributed by atoms with van der Waals surface area (Å²) in [4.78, 5) is 3.56. The van der Waals surface area contributed by atoms with E-state index in [1.807, 2.05) is 0 Å². The maximum absolute atomic E-state index is 12.6. The van der Waals surface area contributed by atoms with Gasteiger partial charge in [-0.1, -0.05) is 18.0 Å². The van der Waals surface area contributed by atoms with Crippen molar-refractivity contribution in [3.63, 3.8) is 0 Å². The lowest BCUT2D eigenvalue weighted by atomic mass is 9.83. The van der Waals surface area contributed by atoms with Gasteiger partial charge in [0, 0.05) is 18.1 Å². The molecule has 0 saturated heterocycles. The quantitative estimate of drug-likeness (QED) is 0.743. The number of rotatable bonds is 1. The van der Waals surface area contributed by atoms with Crippen molar-refractivity contribution in [1.29, 1.82) is 0 Å². The number of alkyl halides is 3. The minimum absolute atomic E-state index is 0.0714. The Morgan fingerprint density at radius 1 is 1.28 bits per heavy atom. The molecule has 0 aromatic carbocycles. The Bertz CT molecular complexity index is 601. The van der Waals surface area contributed by atoms with Crippen molar-refractivity contribution < 1.29 is 13.2 Å². The van der Waals surface area contributed by atoms with E-state index in [1.54, 1.807) is 6.07 Å². The third kappa shape index (κ3) is 1.84. The molecule has 0 amide bonds. The second kappa shape index (κ2) is 3.85. The maximum atomic E-state index is 12.6. The summed E-state index contributed by atoms with van der Waals surface area (Å²) in [5, 5.41) is 4.14. The SMILES string of the molecule is FC(F)(F)c1cc(Cl)n2nc(C3CCC3)cc2n1. The highest BCUT2D eigenvalue weighted by Crippen LogP contribution is 2.36. The molecule has 3 rings (SSSR count). The van der Waals surface area contributed by atoms with Crippen LogP contribution < -0.4 is 0 Å². The van der Waals surface area contributed by atoms with E-state index in [1.165, 1.54) is 4.52 Å². The largest absolute Gasteiger partial charge is 0.433 e. The Hall–Kier alpha value is -1.30. The van der Waals surface area contributed by atoms with Gasteiger partial charge in [-0.3, -0.25) is 0 Å². The monoisotopic (exact) mass is 275 g/mol. The molecule has 0 bridgehead atoms. The number of aromatic nitrogens is 3. The molecule has 2 aromatic heterocycles. The zero-order chi connectivity index (χ0) is 12.9. The molecule has 1 fully saturated rings. The van der Waals surface area contributed by atoms with Gasteiger partial charge in [-0.05, 0) is 12.8 Å². The molecule has 18 heavy (non-hydrogen) atoms. The van der Waals surface area contributed by atoms with Crippen LogP contribution >= 0.6 is 11.6 Å². The first-order chi connectivity index (χ1) is 8.45. The van der Waals surface area contributed by atoms with Gasteiger partial charge in [-0.2, -0.15) is 18.3 Å². The van der Waals surface area contributed by atoms with E-state index in [-0.39, 0.29) is 10.8 Å². The van der Waals surface area contributed by atoms with Crippen molar-refractivity contribution in [2.75, 3.05) is 0 Å². The first-order valence-electron chi connectivity index (χ1n) is 5.58. The molecule has 0 radical (unpaired) electrons. The van der Waals surface area contributed by atoms with Crippen LogP contribution in [0.4, 0.5) is 13.2 Å². The van der Waals surface area contributed by atoms with Crippen LogP contribution in [0.3, 0.4) is 0 Å². The third-order valence-corrected chi connectivity index (χ3v) is 3.49. The van der Waals surface area contributed by atoms with Gasteiger partial charge in [0.15, 0.2) is 5.65 Å². The van der Waals surface area contributed by atoms with Crippen molar-refractivity contribution in [1.82, 2.24) is 14.6 Å². The molecular formula is C11H9ClF3N3. The molecule has 3 nitrogen and oxygen atoms in total. The summed E-state index contributed by atoms with van der Waals surface area (Å²) < 4.78 is 39.0. The summed E-state index contributed by atoms with van der Waals surface area (Å²) in [6, 6.07) is 2.39. The van der Waals surface area contributed by atoms with Gasteiger partial charge in [0.25, 0.3) is 0 Å². The van der Waals surface area contributed by atoms with Crippen LogP contribution in [0.2, 0.25) is 5.15 Å². The Morgan fingerprint density at radius 3 is 2.56 bits per heavy atom. The second-order valence-corrected chi connectivity index (χ2v) is 4.82. The van der Waals surface area contributed by atoms with E-state index in [2.05, 4.69) is 10.1 Å². The first-order valence-corrected chi connectivity index (χ1v) is 5.96. The van der Waals surface area contributed by atoms with Crippen LogP contribution in [-0.4, -0.2) is 14.6 Å². The average Bonchev–Trinajstić information content (AvgIpc) is 2.57. The Labute approximate surface area is 106 Å². The zero-order valence-corrected chi connectivity index (χ0v) is 9.96. The van der Waals surface area contributed by atoms with Crippen molar-refractivity contribution in [2.45, 2.75) is 31.4 Å². The average molecular weight is 276 g/mol. The van der Waals surface area contributed by atoms with Crippen molar-refractivity contribution in [3.8, 4) is 0 Å². The maximum Gasteiger partial charge on any atom is 0.433 e. The summed E-state index contributed by atoms with van der Waals surface area (Å²) in [5.41, 5.74) is -0.0632. The van der Waals surface area contributed by atoms with Crippen LogP contribution in [-0.2, 0) is 6.18 Å². The predicted molar refractivity (Wildman–Crippen MR) is 59.6 cm³/mol. The van der Waals surface area contributed by atoms with Gasteiger partial charge in [0.05, 0.1) is 5.69 Å². The van der Waals surface area contributed by atoms with E-state index in [0.29, 0.717) is 5.92 Å². The van der Waals surface area contributed by atoms with Gasteiger partial charge in [0.2, 0.25) is 0 Å². The summed E-state index contributed by atoms with van der Waals surface area (Å²) in [6.45, 7) is 0. The van der Waals surface area contributed by atoms with Crippen LogP contribution in [0.1, 0.15) is 36.6 Å². The number of halogens is 4. The topological polar surface area (TPSA) is 30.2 Å². The lowest BCUT2D eigenvalue weighted by molar-refractivity contribution is -0.141. The van der Waals surface area contributed by atoms with Crippen LogP contribution in [0.15, 0.2) is 12.1 Å². The Morgan fingerprint density at radius 2 is 2.00 bits per heavy atom. The molecule has 0 N–H and O–H groups in total. The van der Waals surface area contributed by atoms with Crippen LogP contribution in [0, 0.1) is 0 Å². The first kappa shape index (κ1) is 11.8. The lowest BCUT2D eigenvalue weighted by Gasteiger charge is -2.22. The minimum Gasteiger partial charge on any atom is -0.224 e. The fourth-order valence-corrected chi connectivity index (χ4v) is 2.23. The van der Waals surface area contributed by atoms with Gasteiger partial charge >= 0.3 is 6.18 Å². The normalized spacial score (nSPS) is 17.1. The number of fused-ring (bicyclic) bond motifs is 1. The third-order valence-electron chi connectivity index (χ3n) is 3.22. The molecule has 0 unspecified atom stereocenters. The van der Waals surface area contributed by atoms with Crippen molar-refractivity contribution in [2.24, 2.45) is 0 Å². The molecule has 1 aliphatic rings. The van der Waals surface area contributed by atoms with E-state index < -0.39 is 11.9 Å². The summed E-state index contributed by atoms with van der Waals surface area (Å²) >= 11 is 5.81. The highest BCUT2D eigenvalue weighted by Gasteiger charge is 2.34. The number of hydrogen-bond acceptors (Lipinski definition) is 2. The van der Waals surface area contributed by atoms with Gasteiger partial charge in [0.1, 0.15) is 10.8 Å². The summed E-state index contributed by atoms with van der Waals surface area (Å²) in [5.74, 6) is 0.331.